The minimum atomic E-state index is -5.08. The molecule has 0 spiro atoms. The fourth-order valence-electron chi connectivity index (χ4n) is 1.85. The fraction of sp³-hybridized carbons (Fsp3) is 0.222. The molecule has 30 heavy (non-hydrogen) atoms. The maximum absolute atomic E-state index is 12.1. The summed E-state index contributed by atoms with van der Waals surface area (Å²) >= 11 is 1.22. The van der Waals surface area contributed by atoms with Gasteiger partial charge in [0, 0.05) is 10.4 Å². The number of thiophene rings is 1. The number of alkyl halides is 3. The Balaban J connectivity index is 0.000000553. The molecule has 162 valence electrons. The summed E-state index contributed by atoms with van der Waals surface area (Å²) in [5.41, 5.74) is 5.90. The van der Waals surface area contributed by atoms with Crippen LogP contribution >= 0.6 is 11.3 Å². The Hall–Kier alpha value is -3.41. The minimum Gasteiger partial charge on any atom is -0.481 e. The van der Waals surface area contributed by atoms with Crippen LogP contribution < -0.4 is 10.5 Å². The van der Waals surface area contributed by atoms with Crippen LogP contribution in [0.5, 0.6) is 5.75 Å². The van der Waals surface area contributed by atoms with Crippen LogP contribution in [-0.2, 0) is 16.0 Å². The zero-order valence-corrected chi connectivity index (χ0v) is 16.2. The van der Waals surface area contributed by atoms with Gasteiger partial charge in [0.05, 0.1) is 5.92 Å². The van der Waals surface area contributed by atoms with Gasteiger partial charge < -0.3 is 20.7 Å². The van der Waals surface area contributed by atoms with Gasteiger partial charge in [-0.3, -0.25) is 10.2 Å². The van der Waals surface area contributed by atoms with Crippen LogP contribution in [0.1, 0.15) is 27.0 Å². The standard InChI is InChI=1S/C16H16N2O4S.C2HF3O2/c1-9(15(19)20)8-12-6-7-13(23-12)16(21)22-11-4-2-10(3-5-11)14(17)18;3-2(4,5)1(6)7/h2-7,9H,8H2,1H3,(H3,17,18)(H,19,20);(H,6,7). The molecule has 0 saturated carbocycles. The Morgan fingerprint density at radius 2 is 1.67 bits per heavy atom. The highest BCUT2D eigenvalue weighted by molar-refractivity contribution is 7.13. The third kappa shape index (κ3) is 7.91. The highest BCUT2D eigenvalue weighted by Crippen LogP contribution is 2.22. The Kier molecular flexibility index (Phi) is 8.53. The van der Waals surface area contributed by atoms with E-state index in [9.17, 15) is 22.8 Å². The maximum atomic E-state index is 12.1. The summed E-state index contributed by atoms with van der Waals surface area (Å²) in [6.45, 7) is 1.62. The van der Waals surface area contributed by atoms with Crippen molar-refractivity contribution >= 4 is 35.1 Å². The number of esters is 1. The first-order valence-electron chi connectivity index (χ1n) is 8.09. The van der Waals surface area contributed by atoms with E-state index < -0.39 is 30.0 Å². The summed E-state index contributed by atoms with van der Waals surface area (Å²) in [6, 6.07) is 9.68. The molecule has 0 saturated heterocycles. The number of aliphatic carboxylic acids is 2. The van der Waals surface area contributed by atoms with Crippen molar-refractivity contribution in [2.75, 3.05) is 0 Å². The highest BCUT2D eigenvalue weighted by Gasteiger charge is 2.38. The van der Waals surface area contributed by atoms with E-state index in [1.807, 2.05) is 0 Å². The lowest BCUT2D eigenvalue weighted by Gasteiger charge is -2.04. The molecular formula is C18H17F3N2O6S. The molecule has 1 aromatic carbocycles. The van der Waals surface area contributed by atoms with E-state index in [2.05, 4.69) is 0 Å². The number of halogens is 3. The van der Waals surface area contributed by atoms with Gasteiger partial charge in [0.2, 0.25) is 0 Å². The third-order valence-electron chi connectivity index (χ3n) is 3.41. The maximum Gasteiger partial charge on any atom is 0.490 e. The normalized spacial score (nSPS) is 11.6. The number of hydrogen-bond acceptors (Lipinski definition) is 6. The van der Waals surface area contributed by atoms with E-state index in [-0.39, 0.29) is 5.84 Å². The van der Waals surface area contributed by atoms with Gasteiger partial charge in [0.25, 0.3) is 0 Å². The molecule has 0 amide bonds. The molecule has 0 aliphatic carbocycles. The number of carboxylic acids is 2. The van der Waals surface area contributed by atoms with Crippen LogP contribution in [0, 0.1) is 11.3 Å². The van der Waals surface area contributed by atoms with Crippen molar-refractivity contribution in [3.63, 3.8) is 0 Å². The van der Waals surface area contributed by atoms with Gasteiger partial charge in [-0.15, -0.1) is 11.3 Å². The minimum absolute atomic E-state index is 0.0571. The molecule has 2 aromatic rings. The average Bonchev–Trinajstić information content (AvgIpc) is 3.10. The molecule has 12 heteroatoms. The van der Waals surface area contributed by atoms with Crippen molar-refractivity contribution in [2.24, 2.45) is 11.7 Å². The van der Waals surface area contributed by atoms with Crippen molar-refractivity contribution < 1.29 is 42.5 Å². The van der Waals surface area contributed by atoms with Crippen LogP contribution in [0.3, 0.4) is 0 Å². The predicted molar refractivity (Wildman–Crippen MR) is 101 cm³/mol. The fourth-order valence-corrected chi connectivity index (χ4v) is 2.86. The molecule has 1 heterocycles. The zero-order chi connectivity index (χ0) is 23.1. The summed E-state index contributed by atoms with van der Waals surface area (Å²) in [4.78, 5) is 33.0. The van der Waals surface area contributed by atoms with Gasteiger partial charge in [0.1, 0.15) is 16.5 Å². The van der Waals surface area contributed by atoms with Crippen molar-refractivity contribution in [1.82, 2.24) is 0 Å². The first-order valence-corrected chi connectivity index (χ1v) is 8.91. The lowest BCUT2D eigenvalue weighted by molar-refractivity contribution is -0.192. The smallest absolute Gasteiger partial charge is 0.481 e. The second-order valence-electron chi connectivity index (χ2n) is 5.84. The van der Waals surface area contributed by atoms with E-state index >= 15 is 0 Å². The quantitative estimate of drug-likeness (QED) is 0.230. The number of carbonyl (C=O) groups is 3. The molecule has 1 unspecified atom stereocenters. The molecule has 0 aliphatic rings. The number of benzene rings is 1. The van der Waals surface area contributed by atoms with Gasteiger partial charge >= 0.3 is 24.1 Å². The number of nitrogens with one attached hydrogen (secondary N) is 1. The predicted octanol–water partition coefficient (Wildman–Crippen LogP) is 3.15. The van der Waals surface area contributed by atoms with Crippen LogP contribution in [0.25, 0.3) is 0 Å². The van der Waals surface area contributed by atoms with Crippen LogP contribution in [0.4, 0.5) is 13.2 Å². The lowest BCUT2D eigenvalue weighted by Crippen LogP contribution is -2.21. The molecule has 5 N–H and O–H groups in total. The number of rotatable bonds is 6. The van der Waals surface area contributed by atoms with Gasteiger partial charge in [-0.05, 0) is 42.8 Å². The van der Waals surface area contributed by atoms with Crippen LogP contribution in [-0.4, -0.2) is 40.1 Å². The van der Waals surface area contributed by atoms with Crippen molar-refractivity contribution in [2.45, 2.75) is 19.5 Å². The lowest BCUT2D eigenvalue weighted by atomic mass is 10.1. The number of amidine groups is 1. The first-order chi connectivity index (χ1) is 13.8. The highest BCUT2D eigenvalue weighted by atomic mass is 32.1. The Labute approximate surface area is 172 Å². The van der Waals surface area contributed by atoms with Gasteiger partial charge in [0.15, 0.2) is 0 Å². The van der Waals surface area contributed by atoms with Crippen molar-refractivity contribution in [1.29, 1.82) is 5.41 Å². The first kappa shape index (κ1) is 24.6. The molecule has 1 aromatic heterocycles. The summed E-state index contributed by atoms with van der Waals surface area (Å²) in [6.07, 6.45) is -4.71. The SMILES string of the molecule is CC(Cc1ccc(C(=O)Oc2ccc(C(=N)N)cc2)s1)C(=O)O.O=C(O)C(F)(F)F. The van der Waals surface area contributed by atoms with Gasteiger partial charge in [-0.1, -0.05) is 6.92 Å². The Morgan fingerprint density at radius 3 is 2.10 bits per heavy atom. The molecular weight excluding hydrogens is 429 g/mol. The third-order valence-corrected chi connectivity index (χ3v) is 4.50. The number of carbonyl (C=O) groups excluding carboxylic acids is 1. The van der Waals surface area contributed by atoms with E-state index in [0.29, 0.717) is 22.6 Å². The van der Waals surface area contributed by atoms with Crippen LogP contribution in [0.15, 0.2) is 36.4 Å². The summed E-state index contributed by atoms with van der Waals surface area (Å²) in [5.74, 6) is -4.33. The molecule has 0 radical (unpaired) electrons. The van der Waals surface area contributed by atoms with E-state index in [1.165, 1.54) is 11.3 Å². The van der Waals surface area contributed by atoms with Crippen molar-refractivity contribution in [3.05, 3.63) is 51.7 Å². The topological polar surface area (TPSA) is 151 Å². The van der Waals surface area contributed by atoms with Gasteiger partial charge in [-0.25, -0.2) is 9.59 Å². The molecule has 0 fully saturated rings. The summed E-state index contributed by atoms with van der Waals surface area (Å²) in [5, 5.41) is 23.3. The molecule has 0 bridgehead atoms. The van der Waals surface area contributed by atoms with Gasteiger partial charge in [-0.2, -0.15) is 13.2 Å². The summed E-state index contributed by atoms with van der Waals surface area (Å²) in [7, 11) is 0. The largest absolute Gasteiger partial charge is 0.490 e. The average molecular weight is 446 g/mol. The number of nitrogens with two attached hydrogens (primary N) is 1. The number of ether oxygens (including phenoxy) is 1. The van der Waals surface area contributed by atoms with Crippen molar-refractivity contribution in [3.8, 4) is 5.75 Å². The second-order valence-corrected chi connectivity index (χ2v) is 7.01. The molecule has 2 rings (SSSR count). The van der Waals surface area contributed by atoms with Crippen LogP contribution in [0.2, 0.25) is 0 Å². The summed E-state index contributed by atoms with van der Waals surface area (Å²) < 4.78 is 37.0. The Morgan fingerprint density at radius 1 is 1.13 bits per heavy atom. The number of hydrogen-bond donors (Lipinski definition) is 4. The molecule has 8 nitrogen and oxygen atoms in total. The van der Waals surface area contributed by atoms with E-state index in [4.69, 9.17) is 30.9 Å². The van der Waals surface area contributed by atoms with E-state index in [1.54, 1.807) is 43.3 Å². The monoisotopic (exact) mass is 446 g/mol. The molecule has 1 atom stereocenters. The Bertz CT molecular complexity index is 925. The molecule has 0 aliphatic heterocycles. The number of carboxylic acid groups (broad SMARTS) is 2. The second kappa shape index (κ2) is 10.4. The zero-order valence-electron chi connectivity index (χ0n) is 15.4. The van der Waals surface area contributed by atoms with E-state index in [0.717, 1.165) is 4.88 Å². The number of nitrogen functional groups attached to an aromatic ring is 1.